The van der Waals surface area contributed by atoms with E-state index in [9.17, 15) is 4.79 Å². The van der Waals surface area contributed by atoms with Crippen molar-refractivity contribution in [1.82, 2.24) is 15.5 Å². The van der Waals surface area contributed by atoms with Crippen molar-refractivity contribution < 1.29 is 9.32 Å². The van der Waals surface area contributed by atoms with E-state index in [1.54, 1.807) is 6.92 Å². The Morgan fingerprint density at radius 2 is 2.33 bits per heavy atom. The van der Waals surface area contributed by atoms with E-state index >= 15 is 0 Å². The number of anilines is 1. The van der Waals surface area contributed by atoms with Crippen LogP contribution >= 0.6 is 0 Å². The van der Waals surface area contributed by atoms with Crippen LogP contribution in [-0.2, 0) is 4.79 Å². The summed E-state index contributed by atoms with van der Waals surface area (Å²) < 4.78 is 5.18. The lowest BCUT2D eigenvalue weighted by Crippen LogP contribution is -2.27. The largest absolute Gasteiger partial charge is 0.334 e. The average Bonchev–Trinajstić information content (AvgIpc) is 3.11. The third-order valence-corrected chi connectivity index (χ3v) is 3.55. The van der Waals surface area contributed by atoms with E-state index < -0.39 is 0 Å². The van der Waals surface area contributed by atoms with E-state index in [1.165, 1.54) is 0 Å². The second-order valence-electron chi connectivity index (χ2n) is 5.24. The van der Waals surface area contributed by atoms with Crippen molar-refractivity contribution in [2.45, 2.75) is 32.2 Å². The molecule has 1 aliphatic rings. The molecule has 1 aromatic heterocycles. The van der Waals surface area contributed by atoms with E-state index in [0.717, 1.165) is 24.9 Å². The number of carbonyl (C=O) groups is 1. The molecule has 6 heteroatoms. The topological polar surface area (TPSA) is 80.0 Å². The fourth-order valence-corrected chi connectivity index (χ4v) is 2.54. The van der Waals surface area contributed by atoms with Crippen molar-refractivity contribution in [2.24, 2.45) is 0 Å². The first kappa shape index (κ1) is 13.8. The molecule has 1 fully saturated rings. The van der Waals surface area contributed by atoms with Crippen LogP contribution in [0.4, 0.5) is 5.69 Å². The molecule has 1 saturated heterocycles. The van der Waals surface area contributed by atoms with Gasteiger partial charge in [-0.2, -0.15) is 4.98 Å². The second-order valence-corrected chi connectivity index (χ2v) is 5.24. The molecule has 0 saturated carbocycles. The summed E-state index contributed by atoms with van der Waals surface area (Å²) >= 11 is 0. The molecule has 3 rings (SSSR count). The fraction of sp³-hybridized carbons (Fsp3) is 0.400. The molecular weight excluding hydrogens is 268 g/mol. The maximum Gasteiger partial charge on any atom is 0.260 e. The monoisotopic (exact) mass is 286 g/mol. The van der Waals surface area contributed by atoms with Gasteiger partial charge >= 0.3 is 0 Å². The molecule has 2 N–H and O–H groups in total. The summed E-state index contributed by atoms with van der Waals surface area (Å²) in [6.45, 7) is 2.76. The summed E-state index contributed by atoms with van der Waals surface area (Å²) in [6.07, 6.45) is 2.67. The first-order chi connectivity index (χ1) is 10.2. The predicted molar refractivity (Wildman–Crippen MR) is 78.7 cm³/mol. The molecule has 1 aromatic carbocycles. The first-order valence-corrected chi connectivity index (χ1v) is 7.15. The van der Waals surface area contributed by atoms with Gasteiger partial charge in [-0.05, 0) is 38.4 Å². The SMILES string of the molecule is Cc1noc(-c2ccccc2NC(=O)CC2CCCN2)n1. The Bertz CT molecular complexity index is 632. The first-order valence-electron chi connectivity index (χ1n) is 7.15. The van der Waals surface area contributed by atoms with Crippen LogP contribution in [0.25, 0.3) is 11.5 Å². The summed E-state index contributed by atoms with van der Waals surface area (Å²) in [7, 11) is 0. The number of hydrogen-bond donors (Lipinski definition) is 2. The highest BCUT2D eigenvalue weighted by Gasteiger charge is 2.19. The molecule has 110 valence electrons. The van der Waals surface area contributed by atoms with Gasteiger partial charge in [-0.3, -0.25) is 4.79 Å². The summed E-state index contributed by atoms with van der Waals surface area (Å²) in [5.41, 5.74) is 1.44. The Morgan fingerprint density at radius 1 is 1.48 bits per heavy atom. The molecule has 0 spiro atoms. The summed E-state index contributed by atoms with van der Waals surface area (Å²) in [6, 6.07) is 7.73. The Morgan fingerprint density at radius 3 is 3.05 bits per heavy atom. The molecule has 2 aromatic rings. The van der Waals surface area contributed by atoms with Crippen molar-refractivity contribution >= 4 is 11.6 Å². The maximum atomic E-state index is 12.1. The van der Waals surface area contributed by atoms with Crippen LogP contribution in [0.5, 0.6) is 0 Å². The Hall–Kier alpha value is -2.21. The van der Waals surface area contributed by atoms with E-state index in [2.05, 4.69) is 20.8 Å². The number of benzene rings is 1. The third-order valence-electron chi connectivity index (χ3n) is 3.55. The van der Waals surface area contributed by atoms with Crippen molar-refractivity contribution in [2.75, 3.05) is 11.9 Å². The molecule has 0 aliphatic carbocycles. The lowest BCUT2D eigenvalue weighted by molar-refractivity contribution is -0.116. The standard InChI is InChI=1S/C15H18N4O2/c1-10-17-15(21-19-10)12-6-2-3-7-13(12)18-14(20)9-11-5-4-8-16-11/h2-3,6-7,11,16H,4-5,8-9H2,1H3,(H,18,20). The summed E-state index contributed by atoms with van der Waals surface area (Å²) in [5.74, 6) is 0.988. The van der Waals surface area contributed by atoms with Gasteiger partial charge in [0.2, 0.25) is 5.91 Å². The van der Waals surface area contributed by atoms with E-state index in [4.69, 9.17) is 4.52 Å². The number of para-hydroxylation sites is 1. The highest BCUT2D eigenvalue weighted by atomic mass is 16.5. The molecule has 1 atom stereocenters. The molecule has 2 heterocycles. The van der Waals surface area contributed by atoms with Crippen LogP contribution in [0, 0.1) is 6.92 Å². The molecule has 0 bridgehead atoms. The van der Waals surface area contributed by atoms with Gasteiger partial charge in [-0.1, -0.05) is 17.3 Å². The third kappa shape index (κ3) is 3.28. The number of hydrogen-bond acceptors (Lipinski definition) is 5. The number of carbonyl (C=O) groups excluding carboxylic acids is 1. The Balaban J connectivity index is 1.74. The number of nitrogens with one attached hydrogen (secondary N) is 2. The maximum absolute atomic E-state index is 12.1. The lowest BCUT2D eigenvalue weighted by Gasteiger charge is -2.12. The highest BCUT2D eigenvalue weighted by Crippen LogP contribution is 2.26. The van der Waals surface area contributed by atoms with Crippen LogP contribution in [0.15, 0.2) is 28.8 Å². The number of amides is 1. The van der Waals surface area contributed by atoms with Crippen LogP contribution in [0.2, 0.25) is 0 Å². The zero-order valence-corrected chi connectivity index (χ0v) is 11.9. The average molecular weight is 286 g/mol. The van der Waals surface area contributed by atoms with Crippen LogP contribution < -0.4 is 10.6 Å². The minimum Gasteiger partial charge on any atom is -0.334 e. The van der Waals surface area contributed by atoms with Gasteiger partial charge in [0, 0.05) is 12.5 Å². The Labute approximate surface area is 122 Å². The van der Waals surface area contributed by atoms with Gasteiger partial charge < -0.3 is 15.2 Å². The second kappa shape index (κ2) is 6.05. The Kier molecular flexibility index (Phi) is 3.96. The minimum atomic E-state index is -0.00177. The molecule has 0 radical (unpaired) electrons. The van der Waals surface area contributed by atoms with Gasteiger partial charge in [0.15, 0.2) is 5.82 Å². The summed E-state index contributed by atoms with van der Waals surface area (Å²) in [5, 5.41) is 10.0. The number of nitrogens with zero attached hydrogens (tertiary/aromatic N) is 2. The number of aromatic nitrogens is 2. The molecule has 21 heavy (non-hydrogen) atoms. The van der Waals surface area contributed by atoms with Gasteiger partial charge in [-0.25, -0.2) is 0 Å². The zero-order chi connectivity index (χ0) is 14.7. The molecular formula is C15H18N4O2. The molecule has 1 unspecified atom stereocenters. The normalized spacial score (nSPS) is 17.9. The van der Waals surface area contributed by atoms with Crippen molar-refractivity contribution in [3.63, 3.8) is 0 Å². The number of rotatable bonds is 4. The quantitative estimate of drug-likeness (QED) is 0.900. The van der Waals surface area contributed by atoms with Crippen molar-refractivity contribution in [1.29, 1.82) is 0 Å². The molecule has 1 amide bonds. The highest BCUT2D eigenvalue weighted by molar-refractivity contribution is 5.94. The fourth-order valence-electron chi connectivity index (χ4n) is 2.54. The number of aryl methyl sites for hydroxylation is 1. The summed E-state index contributed by atoms with van der Waals surface area (Å²) in [4.78, 5) is 16.4. The van der Waals surface area contributed by atoms with Crippen molar-refractivity contribution in [3.05, 3.63) is 30.1 Å². The van der Waals surface area contributed by atoms with Gasteiger partial charge in [0.25, 0.3) is 5.89 Å². The minimum absolute atomic E-state index is 0.00177. The van der Waals surface area contributed by atoms with Crippen LogP contribution in [0.3, 0.4) is 0 Å². The molecule has 6 nitrogen and oxygen atoms in total. The van der Waals surface area contributed by atoms with E-state index in [-0.39, 0.29) is 11.9 Å². The van der Waals surface area contributed by atoms with Gasteiger partial charge in [0.1, 0.15) is 0 Å². The lowest BCUT2D eigenvalue weighted by atomic mass is 10.1. The molecule has 1 aliphatic heterocycles. The zero-order valence-electron chi connectivity index (χ0n) is 11.9. The van der Waals surface area contributed by atoms with Crippen LogP contribution in [0.1, 0.15) is 25.1 Å². The smallest absolute Gasteiger partial charge is 0.260 e. The van der Waals surface area contributed by atoms with Gasteiger partial charge in [-0.15, -0.1) is 0 Å². The van der Waals surface area contributed by atoms with E-state index in [1.807, 2.05) is 24.3 Å². The van der Waals surface area contributed by atoms with Crippen LogP contribution in [-0.4, -0.2) is 28.6 Å². The predicted octanol–water partition coefficient (Wildman–Crippen LogP) is 2.13. The van der Waals surface area contributed by atoms with E-state index in [0.29, 0.717) is 23.8 Å². The van der Waals surface area contributed by atoms with Crippen molar-refractivity contribution in [3.8, 4) is 11.5 Å². The van der Waals surface area contributed by atoms with Gasteiger partial charge in [0.05, 0.1) is 11.3 Å².